The molecule has 3 heterocycles. The molecule has 20 heavy (non-hydrogen) atoms. The molecule has 3 rings (SSSR count). The normalized spacial score (nSPS) is 19.2. The van der Waals surface area contributed by atoms with Crippen LogP contribution in [0.4, 0.5) is 0 Å². The van der Waals surface area contributed by atoms with Crippen molar-refractivity contribution >= 4 is 5.91 Å². The van der Waals surface area contributed by atoms with Gasteiger partial charge in [0.2, 0.25) is 0 Å². The van der Waals surface area contributed by atoms with E-state index in [9.17, 15) is 4.79 Å². The first-order chi connectivity index (χ1) is 9.74. The number of carbonyl (C=O) groups excluding carboxylic acids is 1. The monoisotopic (exact) mass is 273 g/mol. The second-order valence-corrected chi connectivity index (χ2v) is 5.39. The number of nitrogens with one attached hydrogen (secondary N) is 1. The Labute approximate surface area is 117 Å². The SMILES string of the molecule is Cn1nccc1C(=O)N1CCCC(Cc2ccn[nH]2)C1. The highest BCUT2D eigenvalue weighted by Gasteiger charge is 2.26. The molecule has 0 radical (unpaired) electrons. The van der Waals surface area contributed by atoms with Gasteiger partial charge in [0.1, 0.15) is 5.69 Å². The molecule has 1 aliphatic heterocycles. The van der Waals surface area contributed by atoms with Crippen molar-refractivity contribution in [2.75, 3.05) is 13.1 Å². The lowest BCUT2D eigenvalue weighted by molar-refractivity contribution is 0.0661. The van der Waals surface area contributed by atoms with E-state index in [1.165, 1.54) is 0 Å². The van der Waals surface area contributed by atoms with Crippen LogP contribution in [0, 0.1) is 5.92 Å². The average Bonchev–Trinajstić information content (AvgIpc) is 3.10. The van der Waals surface area contributed by atoms with Gasteiger partial charge in [-0.25, -0.2) is 0 Å². The Bertz CT molecular complexity index is 574. The van der Waals surface area contributed by atoms with Crippen molar-refractivity contribution in [1.29, 1.82) is 0 Å². The summed E-state index contributed by atoms with van der Waals surface area (Å²) >= 11 is 0. The molecule has 0 saturated carbocycles. The Morgan fingerprint density at radius 2 is 2.35 bits per heavy atom. The van der Waals surface area contributed by atoms with Gasteiger partial charge in [-0.1, -0.05) is 0 Å². The Hall–Kier alpha value is -2.11. The second kappa shape index (κ2) is 5.48. The summed E-state index contributed by atoms with van der Waals surface area (Å²) in [5, 5.41) is 11.0. The zero-order valence-corrected chi connectivity index (χ0v) is 11.6. The van der Waals surface area contributed by atoms with Crippen LogP contribution in [-0.4, -0.2) is 43.9 Å². The Kier molecular flexibility index (Phi) is 3.54. The second-order valence-electron chi connectivity index (χ2n) is 5.39. The third-order valence-corrected chi connectivity index (χ3v) is 3.91. The maximum Gasteiger partial charge on any atom is 0.272 e. The maximum absolute atomic E-state index is 12.5. The molecule has 0 spiro atoms. The summed E-state index contributed by atoms with van der Waals surface area (Å²) in [6.07, 6.45) is 6.61. The summed E-state index contributed by atoms with van der Waals surface area (Å²) in [7, 11) is 1.80. The molecule has 0 bridgehead atoms. The van der Waals surface area contributed by atoms with E-state index in [4.69, 9.17) is 0 Å². The zero-order valence-electron chi connectivity index (χ0n) is 11.6. The molecule has 1 aliphatic rings. The van der Waals surface area contributed by atoms with E-state index in [0.717, 1.165) is 38.0 Å². The van der Waals surface area contributed by atoms with Crippen LogP contribution in [0.25, 0.3) is 0 Å². The molecule has 106 valence electrons. The van der Waals surface area contributed by atoms with Crippen molar-refractivity contribution in [3.8, 4) is 0 Å². The topological polar surface area (TPSA) is 66.8 Å². The standard InChI is InChI=1S/C14H19N5O/c1-18-13(5-7-16-18)14(20)19-8-2-3-11(10-19)9-12-4-6-15-17-12/h4-7,11H,2-3,8-10H2,1H3,(H,15,17). The van der Waals surface area contributed by atoms with Crippen LogP contribution in [0.2, 0.25) is 0 Å². The number of rotatable bonds is 3. The number of aromatic amines is 1. The third-order valence-electron chi connectivity index (χ3n) is 3.91. The summed E-state index contributed by atoms with van der Waals surface area (Å²) in [4.78, 5) is 14.4. The maximum atomic E-state index is 12.5. The van der Waals surface area contributed by atoms with E-state index in [-0.39, 0.29) is 5.91 Å². The van der Waals surface area contributed by atoms with Gasteiger partial charge in [0.25, 0.3) is 5.91 Å². The minimum atomic E-state index is 0.0827. The number of nitrogens with zero attached hydrogens (tertiary/aromatic N) is 4. The first kappa shape index (κ1) is 12.9. The quantitative estimate of drug-likeness (QED) is 0.915. The summed E-state index contributed by atoms with van der Waals surface area (Å²) in [6, 6.07) is 3.78. The predicted molar refractivity (Wildman–Crippen MR) is 74.1 cm³/mol. The number of hydrogen-bond acceptors (Lipinski definition) is 3. The number of aromatic nitrogens is 4. The van der Waals surface area contributed by atoms with Crippen molar-refractivity contribution in [2.45, 2.75) is 19.3 Å². The van der Waals surface area contributed by atoms with Crippen molar-refractivity contribution in [1.82, 2.24) is 24.9 Å². The smallest absolute Gasteiger partial charge is 0.272 e. The van der Waals surface area contributed by atoms with E-state index in [0.29, 0.717) is 11.6 Å². The number of hydrogen-bond donors (Lipinski definition) is 1. The van der Waals surface area contributed by atoms with E-state index < -0.39 is 0 Å². The van der Waals surface area contributed by atoms with Crippen LogP contribution >= 0.6 is 0 Å². The molecule has 6 heteroatoms. The molecule has 2 aromatic rings. The molecule has 1 fully saturated rings. The highest BCUT2D eigenvalue weighted by Crippen LogP contribution is 2.21. The molecule has 1 saturated heterocycles. The molecule has 1 amide bonds. The Morgan fingerprint density at radius 3 is 3.05 bits per heavy atom. The molecular formula is C14H19N5O. The molecular weight excluding hydrogens is 254 g/mol. The molecule has 0 aliphatic carbocycles. The number of piperidine rings is 1. The van der Waals surface area contributed by atoms with Crippen LogP contribution in [0.3, 0.4) is 0 Å². The fourth-order valence-corrected chi connectivity index (χ4v) is 2.87. The molecule has 0 aromatic carbocycles. The lowest BCUT2D eigenvalue weighted by atomic mass is 9.93. The van der Waals surface area contributed by atoms with Gasteiger partial charge < -0.3 is 4.90 Å². The van der Waals surface area contributed by atoms with Crippen molar-refractivity contribution in [3.05, 3.63) is 35.9 Å². The number of likely N-dealkylation sites (tertiary alicyclic amines) is 1. The number of aryl methyl sites for hydroxylation is 1. The fraction of sp³-hybridized carbons (Fsp3) is 0.500. The highest BCUT2D eigenvalue weighted by molar-refractivity contribution is 5.92. The van der Waals surface area contributed by atoms with Crippen LogP contribution < -0.4 is 0 Å². The van der Waals surface area contributed by atoms with Crippen LogP contribution in [0.15, 0.2) is 24.5 Å². The lowest BCUT2D eigenvalue weighted by Gasteiger charge is -2.32. The van der Waals surface area contributed by atoms with Crippen LogP contribution in [0.5, 0.6) is 0 Å². The third kappa shape index (κ3) is 2.59. The highest BCUT2D eigenvalue weighted by atomic mass is 16.2. The summed E-state index contributed by atoms with van der Waals surface area (Å²) in [5.41, 5.74) is 1.80. The summed E-state index contributed by atoms with van der Waals surface area (Å²) < 4.78 is 1.64. The molecule has 1 unspecified atom stereocenters. The average molecular weight is 273 g/mol. The van der Waals surface area contributed by atoms with E-state index in [2.05, 4.69) is 15.3 Å². The number of H-pyrrole nitrogens is 1. The van der Waals surface area contributed by atoms with Crippen molar-refractivity contribution < 1.29 is 4.79 Å². The lowest BCUT2D eigenvalue weighted by Crippen LogP contribution is -2.41. The van der Waals surface area contributed by atoms with Gasteiger partial charge in [0.15, 0.2) is 0 Å². The molecule has 1 atom stereocenters. The Morgan fingerprint density at radius 1 is 1.45 bits per heavy atom. The van der Waals surface area contributed by atoms with Gasteiger partial charge in [0, 0.05) is 38.2 Å². The number of amides is 1. The van der Waals surface area contributed by atoms with Gasteiger partial charge in [-0.15, -0.1) is 0 Å². The first-order valence-corrected chi connectivity index (χ1v) is 6.99. The largest absolute Gasteiger partial charge is 0.337 e. The van der Waals surface area contributed by atoms with Gasteiger partial charge in [-0.2, -0.15) is 10.2 Å². The van der Waals surface area contributed by atoms with Gasteiger partial charge in [0.05, 0.1) is 0 Å². The Balaban J connectivity index is 1.66. The molecule has 1 N–H and O–H groups in total. The van der Waals surface area contributed by atoms with E-state index in [1.54, 1.807) is 30.2 Å². The summed E-state index contributed by atoms with van der Waals surface area (Å²) in [6.45, 7) is 1.65. The van der Waals surface area contributed by atoms with Crippen LogP contribution in [0.1, 0.15) is 29.0 Å². The number of carbonyl (C=O) groups is 1. The predicted octanol–water partition coefficient (Wildman–Crippen LogP) is 1.24. The van der Waals surface area contributed by atoms with E-state index >= 15 is 0 Å². The fourth-order valence-electron chi connectivity index (χ4n) is 2.87. The van der Waals surface area contributed by atoms with Crippen molar-refractivity contribution in [3.63, 3.8) is 0 Å². The van der Waals surface area contributed by atoms with Gasteiger partial charge in [-0.05, 0) is 37.3 Å². The molecule has 2 aromatic heterocycles. The minimum Gasteiger partial charge on any atom is -0.337 e. The van der Waals surface area contributed by atoms with Crippen LogP contribution in [-0.2, 0) is 13.5 Å². The first-order valence-electron chi connectivity index (χ1n) is 6.99. The van der Waals surface area contributed by atoms with Gasteiger partial charge in [-0.3, -0.25) is 14.6 Å². The zero-order chi connectivity index (χ0) is 13.9. The minimum absolute atomic E-state index is 0.0827. The van der Waals surface area contributed by atoms with Gasteiger partial charge >= 0.3 is 0 Å². The molecule has 6 nitrogen and oxygen atoms in total. The van der Waals surface area contributed by atoms with E-state index in [1.807, 2.05) is 11.0 Å². The van der Waals surface area contributed by atoms with Crippen molar-refractivity contribution in [2.24, 2.45) is 13.0 Å². The summed E-state index contributed by atoms with van der Waals surface area (Å²) in [5.74, 6) is 0.584.